The Labute approximate surface area is 152 Å². The molecule has 0 spiro atoms. The number of amides is 2. The van der Waals surface area contributed by atoms with Crippen molar-refractivity contribution >= 4 is 17.8 Å². The fourth-order valence-electron chi connectivity index (χ4n) is 3.50. The van der Waals surface area contributed by atoms with Gasteiger partial charge in [0.25, 0.3) is 5.91 Å². The van der Waals surface area contributed by atoms with E-state index in [4.69, 9.17) is 9.84 Å². The maximum Gasteiger partial charge on any atom is 0.332 e. The highest BCUT2D eigenvalue weighted by Gasteiger charge is 2.38. The first kappa shape index (κ1) is 18.4. The van der Waals surface area contributed by atoms with Crippen molar-refractivity contribution in [2.75, 3.05) is 13.1 Å². The molecule has 2 N–H and O–H groups in total. The monoisotopic (exact) mass is 360 g/mol. The van der Waals surface area contributed by atoms with Crippen LogP contribution in [0, 0.1) is 5.92 Å². The lowest BCUT2D eigenvalue weighted by Gasteiger charge is -2.32. The van der Waals surface area contributed by atoms with Crippen LogP contribution in [0.5, 0.6) is 0 Å². The number of benzene rings is 1. The molecule has 0 unspecified atom stereocenters. The van der Waals surface area contributed by atoms with E-state index >= 15 is 0 Å². The second-order valence-electron chi connectivity index (χ2n) is 6.83. The third-order valence-corrected chi connectivity index (χ3v) is 5.06. The van der Waals surface area contributed by atoms with Gasteiger partial charge in [0, 0.05) is 25.6 Å². The molecular weight excluding hydrogens is 336 g/mol. The van der Waals surface area contributed by atoms with Crippen LogP contribution in [-0.2, 0) is 25.7 Å². The Bertz CT molecular complexity index is 655. The molecule has 2 aliphatic heterocycles. The number of rotatable bonds is 5. The molecule has 26 heavy (non-hydrogen) atoms. The van der Waals surface area contributed by atoms with Crippen LogP contribution in [0.25, 0.3) is 0 Å². The zero-order chi connectivity index (χ0) is 18.5. The Balaban J connectivity index is 1.43. The summed E-state index contributed by atoms with van der Waals surface area (Å²) >= 11 is 0. The minimum absolute atomic E-state index is 0.0176. The molecule has 2 heterocycles. The van der Waals surface area contributed by atoms with Crippen LogP contribution in [-0.4, -0.2) is 53.1 Å². The van der Waals surface area contributed by atoms with Crippen LogP contribution in [0.3, 0.4) is 0 Å². The van der Waals surface area contributed by atoms with Gasteiger partial charge in [0.1, 0.15) is 6.10 Å². The Morgan fingerprint density at radius 3 is 2.31 bits per heavy atom. The number of hydrogen-bond acceptors (Lipinski definition) is 4. The summed E-state index contributed by atoms with van der Waals surface area (Å²) in [5.74, 6) is -1.26. The third kappa shape index (κ3) is 4.40. The third-order valence-electron chi connectivity index (χ3n) is 5.06. The zero-order valence-corrected chi connectivity index (χ0v) is 14.6. The number of carboxylic acids is 1. The molecule has 140 valence electrons. The lowest BCUT2D eigenvalue weighted by Crippen LogP contribution is -2.46. The van der Waals surface area contributed by atoms with Crippen molar-refractivity contribution in [1.82, 2.24) is 10.2 Å². The molecule has 1 aromatic rings. The fourth-order valence-corrected chi connectivity index (χ4v) is 3.50. The summed E-state index contributed by atoms with van der Waals surface area (Å²) in [5.41, 5.74) is 1.06. The summed E-state index contributed by atoms with van der Waals surface area (Å²) in [5, 5.41) is 11.9. The molecule has 2 fully saturated rings. The quantitative estimate of drug-likeness (QED) is 0.822. The van der Waals surface area contributed by atoms with E-state index in [1.54, 1.807) is 4.90 Å². The number of piperidine rings is 1. The predicted molar refractivity (Wildman–Crippen MR) is 93.1 cm³/mol. The highest BCUT2D eigenvalue weighted by atomic mass is 16.5. The van der Waals surface area contributed by atoms with E-state index in [0.29, 0.717) is 45.3 Å². The Kier molecular flexibility index (Phi) is 5.88. The van der Waals surface area contributed by atoms with Gasteiger partial charge in [-0.1, -0.05) is 30.3 Å². The van der Waals surface area contributed by atoms with Crippen LogP contribution in [0.2, 0.25) is 0 Å². The molecule has 3 rings (SSSR count). The first-order valence-electron chi connectivity index (χ1n) is 9.03. The van der Waals surface area contributed by atoms with Gasteiger partial charge in [-0.05, 0) is 31.2 Å². The number of carbonyl (C=O) groups excluding carboxylic acids is 2. The number of carbonyl (C=O) groups is 3. The van der Waals surface area contributed by atoms with Crippen LogP contribution in [0.15, 0.2) is 30.3 Å². The Morgan fingerprint density at radius 2 is 1.69 bits per heavy atom. The van der Waals surface area contributed by atoms with Crippen LogP contribution < -0.4 is 5.32 Å². The van der Waals surface area contributed by atoms with Gasteiger partial charge in [0.2, 0.25) is 5.91 Å². The first-order chi connectivity index (χ1) is 12.5. The van der Waals surface area contributed by atoms with E-state index in [1.807, 2.05) is 30.3 Å². The molecule has 2 amide bonds. The van der Waals surface area contributed by atoms with Crippen LogP contribution in [0.4, 0.5) is 0 Å². The molecule has 0 aliphatic carbocycles. The van der Waals surface area contributed by atoms with E-state index in [9.17, 15) is 14.4 Å². The number of ether oxygens (including phenoxy) is 1. The summed E-state index contributed by atoms with van der Waals surface area (Å²) in [6.07, 6.45) is 0.477. The second-order valence-corrected chi connectivity index (χ2v) is 6.83. The Hall–Kier alpha value is -2.41. The van der Waals surface area contributed by atoms with Gasteiger partial charge in [0.15, 0.2) is 6.10 Å². The predicted octanol–water partition coefficient (Wildman–Crippen LogP) is 1.17. The smallest absolute Gasteiger partial charge is 0.332 e. The molecule has 0 saturated carbocycles. The largest absolute Gasteiger partial charge is 0.479 e. The van der Waals surface area contributed by atoms with Crippen LogP contribution in [0.1, 0.15) is 31.2 Å². The van der Waals surface area contributed by atoms with Gasteiger partial charge in [-0.2, -0.15) is 0 Å². The number of likely N-dealkylation sites (tertiary alicyclic amines) is 1. The zero-order valence-electron chi connectivity index (χ0n) is 14.6. The van der Waals surface area contributed by atoms with E-state index < -0.39 is 18.2 Å². The minimum atomic E-state index is -1.02. The number of nitrogens with zero attached hydrogens (tertiary/aromatic N) is 1. The molecule has 0 bridgehead atoms. The van der Waals surface area contributed by atoms with Gasteiger partial charge in [0.05, 0.1) is 0 Å². The van der Waals surface area contributed by atoms with Crippen molar-refractivity contribution in [1.29, 1.82) is 0 Å². The SMILES string of the molecule is O=C(NCc1ccccc1)C1CCN(C(=O)[C@@H]2CC[C@H](C(=O)O)O2)CC1. The highest BCUT2D eigenvalue weighted by molar-refractivity contribution is 5.83. The molecular formula is C19H24N2O5. The molecule has 1 aromatic carbocycles. The summed E-state index contributed by atoms with van der Waals surface area (Å²) in [6, 6.07) is 9.74. The van der Waals surface area contributed by atoms with Gasteiger partial charge >= 0.3 is 5.97 Å². The molecule has 2 saturated heterocycles. The van der Waals surface area contributed by atoms with E-state index in [2.05, 4.69) is 5.32 Å². The normalized spacial score (nSPS) is 23.6. The van der Waals surface area contributed by atoms with Gasteiger partial charge in [-0.25, -0.2) is 4.79 Å². The van der Waals surface area contributed by atoms with Gasteiger partial charge in [-0.3, -0.25) is 9.59 Å². The maximum absolute atomic E-state index is 12.5. The number of carboxylic acid groups (broad SMARTS) is 1. The van der Waals surface area contributed by atoms with Crippen molar-refractivity contribution in [3.8, 4) is 0 Å². The fraction of sp³-hybridized carbons (Fsp3) is 0.526. The summed E-state index contributed by atoms with van der Waals surface area (Å²) in [6.45, 7) is 1.50. The van der Waals surface area contributed by atoms with E-state index in [1.165, 1.54) is 0 Å². The minimum Gasteiger partial charge on any atom is -0.479 e. The van der Waals surface area contributed by atoms with E-state index in [-0.39, 0.29) is 17.7 Å². The standard InChI is InChI=1S/C19H24N2O5/c22-17(20-12-13-4-2-1-3-5-13)14-8-10-21(11-9-14)18(23)15-6-7-16(26-15)19(24)25/h1-5,14-16H,6-12H2,(H,20,22)(H,24,25)/t15-,16+/m0/s1. The number of hydrogen-bond donors (Lipinski definition) is 2. The van der Waals surface area contributed by atoms with Crippen molar-refractivity contribution in [3.05, 3.63) is 35.9 Å². The van der Waals surface area contributed by atoms with Gasteiger partial charge < -0.3 is 20.1 Å². The maximum atomic E-state index is 12.5. The van der Waals surface area contributed by atoms with Crippen molar-refractivity contribution < 1.29 is 24.2 Å². The van der Waals surface area contributed by atoms with Crippen LogP contribution >= 0.6 is 0 Å². The summed E-state index contributed by atoms with van der Waals surface area (Å²) in [4.78, 5) is 37.4. The molecule has 2 aliphatic rings. The first-order valence-corrected chi connectivity index (χ1v) is 9.03. The number of nitrogens with one attached hydrogen (secondary N) is 1. The Morgan fingerprint density at radius 1 is 1.04 bits per heavy atom. The summed E-state index contributed by atoms with van der Waals surface area (Å²) in [7, 11) is 0. The number of aliphatic carboxylic acids is 1. The topological polar surface area (TPSA) is 95.9 Å². The van der Waals surface area contributed by atoms with Crippen molar-refractivity contribution in [2.24, 2.45) is 5.92 Å². The molecule has 0 aromatic heterocycles. The van der Waals surface area contributed by atoms with E-state index in [0.717, 1.165) is 5.56 Å². The summed E-state index contributed by atoms with van der Waals surface area (Å²) < 4.78 is 5.33. The highest BCUT2D eigenvalue weighted by Crippen LogP contribution is 2.24. The van der Waals surface area contributed by atoms with Crippen molar-refractivity contribution in [2.45, 2.75) is 44.4 Å². The molecule has 2 atom stereocenters. The second kappa shape index (κ2) is 8.31. The molecule has 7 nitrogen and oxygen atoms in total. The average Bonchev–Trinajstić information content (AvgIpc) is 3.17. The molecule has 7 heteroatoms. The lowest BCUT2D eigenvalue weighted by molar-refractivity contribution is -0.155. The average molecular weight is 360 g/mol. The lowest BCUT2D eigenvalue weighted by atomic mass is 9.95. The molecule has 0 radical (unpaired) electrons. The van der Waals surface area contributed by atoms with Crippen molar-refractivity contribution in [3.63, 3.8) is 0 Å². The van der Waals surface area contributed by atoms with Gasteiger partial charge in [-0.15, -0.1) is 0 Å².